The van der Waals surface area contributed by atoms with E-state index in [0.717, 1.165) is 22.6 Å². The maximum absolute atomic E-state index is 12.9. The number of carbonyl (C=O) groups excluding carboxylic acids is 2. The van der Waals surface area contributed by atoms with E-state index in [9.17, 15) is 27.9 Å². The molecule has 9 nitrogen and oxygen atoms in total. The van der Waals surface area contributed by atoms with Crippen molar-refractivity contribution in [3.63, 3.8) is 0 Å². The number of amides is 2. The maximum atomic E-state index is 12.9. The number of nitrogens with zero attached hydrogens (tertiary/aromatic N) is 2. The molecule has 1 saturated heterocycles. The average Bonchev–Trinajstić information content (AvgIpc) is 2.80. The quantitative estimate of drug-likeness (QED) is 0.485. The number of benzene rings is 1. The number of sulfone groups is 1. The van der Waals surface area contributed by atoms with Crippen molar-refractivity contribution < 1.29 is 27.9 Å². The van der Waals surface area contributed by atoms with Gasteiger partial charge >= 0.3 is 5.97 Å². The van der Waals surface area contributed by atoms with Gasteiger partial charge < -0.3 is 10.4 Å². The first-order valence-corrected chi connectivity index (χ1v) is 11.6. The zero-order valence-electron chi connectivity index (χ0n) is 17.2. The van der Waals surface area contributed by atoms with E-state index in [1.54, 1.807) is 18.2 Å². The number of fused-ring (bicyclic) bond motifs is 1. The predicted octanol–water partition coefficient (Wildman–Crippen LogP) is 1.27. The molecule has 168 valence electrons. The van der Waals surface area contributed by atoms with Crippen molar-refractivity contribution in [2.24, 2.45) is 0 Å². The van der Waals surface area contributed by atoms with Gasteiger partial charge in [-0.2, -0.15) is 0 Å². The number of allylic oxidation sites excluding steroid dienone is 1. The highest BCUT2D eigenvalue weighted by atomic mass is 32.2. The molecule has 3 heterocycles. The lowest BCUT2D eigenvalue weighted by molar-refractivity contribution is -0.141. The third kappa shape index (κ3) is 4.46. The molecular weight excluding hydrogens is 446 g/mol. The van der Waals surface area contributed by atoms with Crippen LogP contribution in [-0.4, -0.2) is 52.3 Å². The molecule has 2 aliphatic rings. The first-order valence-electron chi connectivity index (χ1n) is 9.92. The molecule has 10 heteroatoms. The van der Waals surface area contributed by atoms with Crippen LogP contribution in [0.5, 0.6) is 0 Å². The molecule has 0 bridgehead atoms. The molecule has 2 aromatic rings. The fourth-order valence-electron chi connectivity index (χ4n) is 3.66. The lowest BCUT2D eigenvalue weighted by Gasteiger charge is -2.45. The second-order valence-corrected chi connectivity index (χ2v) is 9.47. The number of hydrogen-bond donors (Lipinski definition) is 2. The lowest BCUT2D eigenvalue weighted by Crippen LogP contribution is -2.62. The van der Waals surface area contributed by atoms with Gasteiger partial charge in [-0.25, -0.2) is 13.2 Å². The second kappa shape index (κ2) is 8.83. The molecule has 33 heavy (non-hydrogen) atoms. The van der Waals surface area contributed by atoms with Gasteiger partial charge in [0.15, 0.2) is 15.2 Å². The largest absolute Gasteiger partial charge is 0.477 e. The van der Waals surface area contributed by atoms with E-state index in [-0.39, 0.29) is 17.7 Å². The minimum atomic E-state index is -3.94. The van der Waals surface area contributed by atoms with Gasteiger partial charge in [-0.1, -0.05) is 42.5 Å². The van der Waals surface area contributed by atoms with Crippen LogP contribution in [0.4, 0.5) is 0 Å². The molecule has 4 rings (SSSR count). The Morgan fingerprint density at radius 1 is 1.15 bits per heavy atom. The van der Waals surface area contributed by atoms with E-state index in [1.165, 1.54) is 12.3 Å². The summed E-state index contributed by atoms with van der Waals surface area (Å²) in [5.41, 5.74) is 0.614. The van der Waals surface area contributed by atoms with Crippen molar-refractivity contribution in [1.29, 1.82) is 0 Å². The van der Waals surface area contributed by atoms with E-state index in [1.807, 2.05) is 30.3 Å². The molecule has 1 fully saturated rings. The standard InChI is InChI=1S/C23H19N3O6S/c27-19(25-13-15-6-2-1-3-7-15)10-9-16-14-33(31,32)22-18(12-17-8-4-5-11-24-17)21(28)26(22)20(16)23(29)30/h1-12,22H,13-14H2,(H,25,27)(H,29,30)/b10-9+,18-12-/t22-/m1/s1. The van der Waals surface area contributed by atoms with Crippen molar-refractivity contribution in [3.8, 4) is 0 Å². The molecular formula is C23H19N3O6S. The molecule has 1 atom stereocenters. The van der Waals surface area contributed by atoms with Crippen LogP contribution in [0.2, 0.25) is 0 Å². The Morgan fingerprint density at radius 2 is 1.88 bits per heavy atom. The molecule has 0 radical (unpaired) electrons. The fourth-order valence-corrected chi connectivity index (χ4v) is 5.56. The van der Waals surface area contributed by atoms with E-state index in [4.69, 9.17) is 0 Å². The van der Waals surface area contributed by atoms with Crippen molar-refractivity contribution in [3.05, 3.63) is 95.0 Å². The van der Waals surface area contributed by atoms with Gasteiger partial charge in [-0.3, -0.25) is 19.5 Å². The zero-order valence-corrected chi connectivity index (χ0v) is 18.0. The van der Waals surface area contributed by atoms with Gasteiger partial charge in [0.2, 0.25) is 5.91 Å². The lowest BCUT2D eigenvalue weighted by atomic mass is 10.0. The van der Waals surface area contributed by atoms with Crippen LogP contribution in [0, 0.1) is 0 Å². The molecule has 1 aromatic carbocycles. The van der Waals surface area contributed by atoms with Crippen molar-refractivity contribution in [2.45, 2.75) is 11.9 Å². The summed E-state index contributed by atoms with van der Waals surface area (Å²) >= 11 is 0. The van der Waals surface area contributed by atoms with Gasteiger partial charge in [-0.05, 0) is 29.3 Å². The number of aromatic nitrogens is 1. The summed E-state index contributed by atoms with van der Waals surface area (Å²) in [5.74, 6) is -3.33. The van der Waals surface area contributed by atoms with Crippen LogP contribution in [-0.2, 0) is 30.8 Å². The highest BCUT2D eigenvalue weighted by Crippen LogP contribution is 2.41. The third-order valence-corrected chi connectivity index (χ3v) is 7.01. The van der Waals surface area contributed by atoms with Crippen LogP contribution >= 0.6 is 0 Å². The third-order valence-electron chi connectivity index (χ3n) is 5.15. The van der Waals surface area contributed by atoms with Crippen LogP contribution in [0.15, 0.2) is 83.7 Å². The summed E-state index contributed by atoms with van der Waals surface area (Å²) in [4.78, 5) is 41.6. The molecule has 0 spiro atoms. The van der Waals surface area contributed by atoms with Crippen LogP contribution in [0.1, 0.15) is 11.3 Å². The summed E-state index contributed by atoms with van der Waals surface area (Å²) in [6, 6.07) is 14.1. The Bertz CT molecular complexity index is 1310. The normalized spacial score (nSPS) is 20.5. The van der Waals surface area contributed by atoms with Gasteiger partial charge in [0, 0.05) is 18.8 Å². The van der Waals surface area contributed by atoms with Gasteiger partial charge in [0.25, 0.3) is 5.91 Å². The van der Waals surface area contributed by atoms with Gasteiger partial charge in [0.1, 0.15) is 5.70 Å². The zero-order chi connectivity index (χ0) is 23.6. The highest BCUT2D eigenvalue weighted by Gasteiger charge is 2.56. The predicted molar refractivity (Wildman–Crippen MR) is 119 cm³/mol. The van der Waals surface area contributed by atoms with Crippen LogP contribution < -0.4 is 5.32 Å². The number of pyridine rings is 1. The Hall–Kier alpha value is -4.05. The van der Waals surface area contributed by atoms with E-state index in [0.29, 0.717) is 5.69 Å². The number of carbonyl (C=O) groups is 3. The second-order valence-electron chi connectivity index (χ2n) is 7.40. The fraction of sp³-hybridized carbons (Fsp3) is 0.130. The molecule has 2 amide bonds. The monoisotopic (exact) mass is 465 g/mol. The Kier molecular flexibility index (Phi) is 5.93. The highest BCUT2D eigenvalue weighted by molar-refractivity contribution is 7.92. The molecule has 0 aliphatic carbocycles. The Labute approximate surface area is 189 Å². The minimum absolute atomic E-state index is 0.0453. The Morgan fingerprint density at radius 3 is 2.55 bits per heavy atom. The number of aliphatic carboxylic acids is 1. The molecule has 0 saturated carbocycles. The first kappa shape index (κ1) is 22.2. The number of β-lactam (4-membered cyclic amide) rings is 1. The minimum Gasteiger partial charge on any atom is -0.477 e. The average molecular weight is 465 g/mol. The first-order chi connectivity index (χ1) is 15.8. The van der Waals surface area contributed by atoms with Crippen LogP contribution in [0.3, 0.4) is 0 Å². The van der Waals surface area contributed by atoms with Crippen molar-refractivity contribution in [1.82, 2.24) is 15.2 Å². The van der Waals surface area contributed by atoms with Crippen LogP contribution in [0.25, 0.3) is 6.08 Å². The number of hydrogen-bond acceptors (Lipinski definition) is 6. The number of carboxylic acids is 1. The maximum Gasteiger partial charge on any atom is 0.352 e. The SMILES string of the molecule is O=C(/C=C/C1=C(C(=O)O)N2C(=O)/C(=C/c3ccccn3)[C@H]2S(=O)(=O)C1)NCc1ccccc1. The van der Waals surface area contributed by atoms with E-state index < -0.39 is 44.4 Å². The summed E-state index contributed by atoms with van der Waals surface area (Å²) in [5, 5.41) is 10.9. The smallest absolute Gasteiger partial charge is 0.352 e. The van der Waals surface area contributed by atoms with E-state index >= 15 is 0 Å². The summed E-state index contributed by atoms with van der Waals surface area (Å²) in [6.45, 7) is 0.251. The number of nitrogens with one attached hydrogen (secondary N) is 1. The number of carboxylic acid groups (broad SMARTS) is 1. The van der Waals surface area contributed by atoms with E-state index in [2.05, 4.69) is 10.3 Å². The van der Waals surface area contributed by atoms with Gasteiger partial charge in [-0.15, -0.1) is 0 Å². The van der Waals surface area contributed by atoms with Gasteiger partial charge in [0.05, 0.1) is 17.0 Å². The Balaban J connectivity index is 1.59. The molecule has 2 N–H and O–H groups in total. The summed E-state index contributed by atoms with van der Waals surface area (Å²) < 4.78 is 25.8. The number of rotatable bonds is 6. The topological polar surface area (TPSA) is 134 Å². The van der Waals surface area contributed by atoms with Crippen molar-refractivity contribution >= 4 is 33.7 Å². The molecule has 1 aromatic heterocycles. The molecule has 0 unspecified atom stereocenters. The summed E-state index contributed by atoms with van der Waals surface area (Å²) in [6.07, 6.45) is 5.03. The van der Waals surface area contributed by atoms with Crippen molar-refractivity contribution in [2.75, 3.05) is 5.75 Å². The molecule has 2 aliphatic heterocycles. The summed E-state index contributed by atoms with van der Waals surface area (Å²) in [7, 11) is -3.94.